The number of nitrogens with one attached hydrogen (secondary N) is 1. The van der Waals surface area contributed by atoms with Crippen LogP contribution in [0.5, 0.6) is 0 Å². The van der Waals surface area contributed by atoms with E-state index in [4.69, 9.17) is 0 Å². The number of hydrogen-bond donors (Lipinski definition) is 1. The molecule has 2 nitrogen and oxygen atoms in total. The Morgan fingerprint density at radius 1 is 1.17 bits per heavy atom. The highest BCUT2D eigenvalue weighted by Gasteiger charge is 2.36. The first kappa shape index (κ1) is 21.2. The van der Waals surface area contributed by atoms with Crippen molar-refractivity contribution in [2.24, 2.45) is 0 Å². The van der Waals surface area contributed by atoms with Gasteiger partial charge in [-0.15, -0.1) is 12.4 Å². The molecule has 1 heterocycles. The number of hydrogen-bond acceptors (Lipinski definition) is 2. The summed E-state index contributed by atoms with van der Waals surface area (Å²) in [7, 11) is 0. The monoisotopic (exact) mass is 368 g/mol. The number of piperazine rings is 1. The third-order valence-electron chi connectivity index (χ3n) is 4.37. The van der Waals surface area contributed by atoms with E-state index in [9.17, 15) is 17.6 Å². The van der Waals surface area contributed by atoms with Gasteiger partial charge in [-0.1, -0.05) is 38.3 Å². The highest BCUT2D eigenvalue weighted by molar-refractivity contribution is 5.85. The normalized spacial score (nSPS) is 17.4. The van der Waals surface area contributed by atoms with Crippen LogP contribution in [0.2, 0.25) is 0 Å². The number of nitrogens with zero attached hydrogens (tertiary/aromatic N) is 1. The Balaban J connectivity index is 0.00000288. The molecule has 0 spiro atoms. The summed E-state index contributed by atoms with van der Waals surface area (Å²) >= 11 is 0. The zero-order chi connectivity index (χ0) is 16.9. The predicted octanol–water partition coefficient (Wildman–Crippen LogP) is 4.79. The van der Waals surface area contributed by atoms with Crippen LogP contribution in [-0.4, -0.2) is 31.1 Å². The van der Waals surface area contributed by atoms with Crippen LogP contribution in [0.15, 0.2) is 18.2 Å². The van der Waals surface area contributed by atoms with E-state index in [1.165, 1.54) is 12.1 Å². The van der Waals surface area contributed by atoms with Crippen LogP contribution in [0.25, 0.3) is 0 Å². The third kappa shape index (κ3) is 5.33. The molecule has 1 atom stereocenters. The SMILES string of the molecule is CCCCC[C@@H](c1cccc(C(F)(F)F)c1F)N1CCNCC1.Cl. The van der Waals surface area contributed by atoms with Gasteiger partial charge >= 0.3 is 6.18 Å². The Labute approximate surface area is 147 Å². The average molecular weight is 369 g/mol. The van der Waals surface area contributed by atoms with Crippen molar-refractivity contribution >= 4 is 12.4 Å². The molecule has 1 aromatic carbocycles. The zero-order valence-electron chi connectivity index (χ0n) is 13.8. The maximum atomic E-state index is 14.5. The summed E-state index contributed by atoms with van der Waals surface area (Å²) in [6.45, 7) is 5.10. The number of alkyl halides is 3. The van der Waals surface area contributed by atoms with Crippen molar-refractivity contribution in [3.05, 3.63) is 35.1 Å². The topological polar surface area (TPSA) is 15.3 Å². The Morgan fingerprint density at radius 3 is 2.42 bits per heavy atom. The summed E-state index contributed by atoms with van der Waals surface area (Å²) in [5.41, 5.74) is -0.983. The zero-order valence-corrected chi connectivity index (χ0v) is 14.7. The van der Waals surface area contributed by atoms with Gasteiger partial charge in [-0.3, -0.25) is 4.90 Å². The van der Waals surface area contributed by atoms with E-state index >= 15 is 0 Å². The molecule has 0 radical (unpaired) electrons. The third-order valence-corrected chi connectivity index (χ3v) is 4.37. The maximum Gasteiger partial charge on any atom is 0.419 e. The highest BCUT2D eigenvalue weighted by Crippen LogP contribution is 2.36. The minimum Gasteiger partial charge on any atom is -0.314 e. The van der Waals surface area contributed by atoms with E-state index in [2.05, 4.69) is 17.1 Å². The van der Waals surface area contributed by atoms with Gasteiger partial charge in [-0.2, -0.15) is 13.2 Å². The molecule has 0 saturated carbocycles. The van der Waals surface area contributed by atoms with E-state index in [0.717, 1.165) is 51.5 Å². The molecule has 7 heteroatoms. The fourth-order valence-corrected chi connectivity index (χ4v) is 3.14. The second-order valence-corrected chi connectivity index (χ2v) is 6.00. The first-order valence-corrected chi connectivity index (χ1v) is 8.25. The lowest BCUT2D eigenvalue weighted by atomic mass is 9.95. The van der Waals surface area contributed by atoms with E-state index in [0.29, 0.717) is 6.42 Å². The first-order valence-electron chi connectivity index (χ1n) is 8.25. The minimum absolute atomic E-state index is 0. The van der Waals surface area contributed by atoms with Crippen LogP contribution >= 0.6 is 12.4 Å². The van der Waals surface area contributed by atoms with Crippen LogP contribution in [0.4, 0.5) is 17.6 Å². The Bertz CT molecular complexity index is 502. The molecule has 1 aromatic rings. The van der Waals surface area contributed by atoms with E-state index in [1.54, 1.807) is 0 Å². The molecule has 0 aromatic heterocycles. The quantitative estimate of drug-likeness (QED) is 0.573. The Kier molecular flexibility index (Phi) is 8.46. The van der Waals surface area contributed by atoms with Crippen LogP contribution < -0.4 is 5.32 Å². The molecule has 138 valence electrons. The van der Waals surface area contributed by atoms with E-state index in [1.807, 2.05) is 0 Å². The van der Waals surface area contributed by atoms with Gasteiger partial charge in [0.05, 0.1) is 5.56 Å². The molecular formula is C17H25ClF4N2. The molecule has 0 aliphatic carbocycles. The van der Waals surface area contributed by atoms with Crippen molar-refractivity contribution in [1.29, 1.82) is 0 Å². The van der Waals surface area contributed by atoms with Crippen LogP contribution in [-0.2, 0) is 6.18 Å². The highest BCUT2D eigenvalue weighted by atomic mass is 35.5. The Hall–Kier alpha value is -0.850. The lowest BCUT2D eigenvalue weighted by Gasteiger charge is -2.35. The first-order chi connectivity index (χ1) is 10.9. The van der Waals surface area contributed by atoms with Crippen molar-refractivity contribution in [3.8, 4) is 0 Å². The van der Waals surface area contributed by atoms with Gasteiger partial charge in [-0.25, -0.2) is 4.39 Å². The average Bonchev–Trinajstić information content (AvgIpc) is 2.52. The number of unbranched alkanes of at least 4 members (excludes halogenated alkanes) is 2. The molecule has 1 N–H and O–H groups in total. The lowest BCUT2D eigenvalue weighted by molar-refractivity contribution is -0.140. The summed E-state index contributed by atoms with van der Waals surface area (Å²) in [6, 6.07) is 3.35. The number of benzene rings is 1. The van der Waals surface area contributed by atoms with Gasteiger partial charge in [0, 0.05) is 37.8 Å². The molecule has 1 saturated heterocycles. The van der Waals surface area contributed by atoms with Gasteiger partial charge in [0.15, 0.2) is 0 Å². The number of halogens is 5. The molecule has 0 amide bonds. The fraction of sp³-hybridized carbons (Fsp3) is 0.647. The molecule has 1 fully saturated rings. The summed E-state index contributed by atoms with van der Waals surface area (Å²) in [5, 5.41) is 3.22. The summed E-state index contributed by atoms with van der Waals surface area (Å²) in [6.07, 6.45) is -1.05. The van der Waals surface area contributed by atoms with Crippen molar-refractivity contribution < 1.29 is 17.6 Å². The van der Waals surface area contributed by atoms with Crippen molar-refractivity contribution in [3.63, 3.8) is 0 Å². The molecular weight excluding hydrogens is 344 g/mol. The van der Waals surface area contributed by atoms with Crippen molar-refractivity contribution in [2.45, 2.75) is 44.8 Å². The molecule has 24 heavy (non-hydrogen) atoms. The van der Waals surface area contributed by atoms with Gasteiger partial charge < -0.3 is 5.32 Å². The summed E-state index contributed by atoms with van der Waals surface area (Å²) in [5.74, 6) is -1.11. The van der Waals surface area contributed by atoms with Gasteiger partial charge in [-0.05, 0) is 12.5 Å². The molecule has 2 rings (SSSR count). The second kappa shape index (κ2) is 9.59. The Morgan fingerprint density at radius 2 is 1.83 bits per heavy atom. The van der Waals surface area contributed by atoms with Crippen molar-refractivity contribution in [1.82, 2.24) is 10.2 Å². The number of rotatable bonds is 6. The molecule has 1 aliphatic rings. The lowest BCUT2D eigenvalue weighted by Crippen LogP contribution is -2.45. The van der Waals surface area contributed by atoms with E-state index in [-0.39, 0.29) is 24.0 Å². The second-order valence-electron chi connectivity index (χ2n) is 6.00. The molecule has 1 aliphatic heterocycles. The minimum atomic E-state index is -4.66. The molecule has 0 bridgehead atoms. The van der Waals surface area contributed by atoms with Crippen LogP contribution in [0.1, 0.15) is 49.8 Å². The van der Waals surface area contributed by atoms with E-state index < -0.39 is 17.6 Å². The molecule has 0 unspecified atom stereocenters. The largest absolute Gasteiger partial charge is 0.419 e. The van der Waals surface area contributed by atoms with Gasteiger partial charge in [0.2, 0.25) is 0 Å². The maximum absolute atomic E-state index is 14.5. The predicted molar refractivity (Wildman–Crippen MR) is 90.0 cm³/mol. The summed E-state index contributed by atoms with van der Waals surface area (Å²) in [4.78, 5) is 2.10. The van der Waals surface area contributed by atoms with Crippen LogP contribution in [0.3, 0.4) is 0 Å². The van der Waals surface area contributed by atoms with Gasteiger partial charge in [0.25, 0.3) is 0 Å². The van der Waals surface area contributed by atoms with Gasteiger partial charge in [0.1, 0.15) is 5.82 Å². The standard InChI is InChI=1S/C17H24F4N2.ClH/c1-2-3-4-8-15(23-11-9-22-10-12-23)13-6-5-7-14(16(13)18)17(19,20)21;/h5-7,15,22H,2-4,8-12H2,1H3;1H/t15-;/m0./s1. The van der Waals surface area contributed by atoms with Crippen molar-refractivity contribution in [2.75, 3.05) is 26.2 Å². The summed E-state index contributed by atoms with van der Waals surface area (Å²) < 4.78 is 53.5. The van der Waals surface area contributed by atoms with Crippen LogP contribution in [0, 0.1) is 5.82 Å². The fourth-order valence-electron chi connectivity index (χ4n) is 3.14. The smallest absolute Gasteiger partial charge is 0.314 e.